The first-order valence-corrected chi connectivity index (χ1v) is 8.08. The number of carbonyl (C=O) groups is 1. The molecule has 2 heterocycles. The Labute approximate surface area is 135 Å². The molecule has 0 radical (unpaired) electrons. The molecular weight excluding hydrogens is 290 g/mol. The molecule has 6 nitrogen and oxygen atoms in total. The van der Waals surface area contributed by atoms with Gasteiger partial charge in [-0.2, -0.15) is 0 Å². The molecule has 6 heteroatoms. The van der Waals surface area contributed by atoms with Crippen LogP contribution in [0.1, 0.15) is 43.0 Å². The van der Waals surface area contributed by atoms with E-state index in [-0.39, 0.29) is 6.03 Å². The minimum atomic E-state index is -0.0907. The first-order chi connectivity index (χ1) is 11.3. The first-order valence-electron chi connectivity index (χ1n) is 8.08. The quantitative estimate of drug-likeness (QED) is 0.922. The van der Waals surface area contributed by atoms with Crippen molar-refractivity contribution in [1.29, 1.82) is 0 Å². The Kier molecular flexibility index (Phi) is 3.65. The topological polar surface area (TPSA) is 71.0 Å². The van der Waals surface area contributed by atoms with Gasteiger partial charge in [0.1, 0.15) is 5.82 Å². The first kappa shape index (κ1) is 14.1. The summed E-state index contributed by atoms with van der Waals surface area (Å²) in [6, 6.07) is 4.12. The van der Waals surface area contributed by atoms with Crippen LogP contribution in [0, 0.1) is 0 Å². The molecule has 1 N–H and O–H groups in total. The highest BCUT2D eigenvalue weighted by atomic mass is 16.2. The van der Waals surface area contributed by atoms with Crippen LogP contribution >= 0.6 is 0 Å². The summed E-state index contributed by atoms with van der Waals surface area (Å²) >= 11 is 0. The lowest BCUT2D eigenvalue weighted by molar-refractivity contribution is 0.206. The second-order valence-electron chi connectivity index (χ2n) is 6.25. The Morgan fingerprint density at radius 1 is 1.13 bits per heavy atom. The molecule has 0 aliphatic heterocycles. The third kappa shape index (κ3) is 3.47. The number of hydrogen-bond donors (Lipinski definition) is 1. The Morgan fingerprint density at radius 2 is 1.83 bits per heavy atom. The van der Waals surface area contributed by atoms with Gasteiger partial charge in [-0.15, -0.1) is 0 Å². The predicted molar refractivity (Wildman–Crippen MR) is 85.8 cm³/mol. The standard InChI is InChI=1S/C17H19N5O/c23-17(21-14-9-19-16(20-10-14)13-1-2-13)22(15-3-4-15)11-12-5-7-18-8-6-12/h5-10,13,15H,1-4,11H2,(H,21,23). The summed E-state index contributed by atoms with van der Waals surface area (Å²) in [5.74, 6) is 1.41. The molecule has 0 bridgehead atoms. The van der Waals surface area contributed by atoms with Gasteiger partial charge >= 0.3 is 6.03 Å². The van der Waals surface area contributed by atoms with Gasteiger partial charge < -0.3 is 10.2 Å². The third-order valence-electron chi connectivity index (χ3n) is 4.22. The maximum atomic E-state index is 12.6. The van der Waals surface area contributed by atoms with Crippen LogP contribution in [-0.4, -0.2) is 31.9 Å². The van der Waals surface area contributed by atoms with E-state index < -0.39 is 0 Å². The van der Waals surface area contributed by atoms with E-state index in [1.165, 1.54) is 12.8 Å². The molecule has 2 fully saturated rings. The van der Waals surface area contributed by atoms with Crippen LogP contribution in [0.3, 0.4) is 0 Å². The molecule has 2 aliphatic carbocycles. The summed E-state index contributed by atoms with van der Waals surface area (Å²) < 4.78 is 0. The zero-order valence-electron chi connectivity index (χ0n) is 12.9. The average Bonchev–Trinajstić information content (AvgIpc) is 3.47. The van der Waals surface area contributed by atoms with Gasteiger partial charge in [0.05, 0.1) is 18.1 Å². The number of pyridine rings is 1. The number of amides is 2. The van der Waals surface area contributed by atoms with Crippen molar-refractivity contribution in [2.45, 2.75) is 44.2 Å². The number of urea groups is 1. The summed E-state index contributed by atoms with van der Waals surface area (Å²) in [6.45, 7) is 0.597. The highest BCUT2D eigenvalue weighted by Gasteiger charge is 2.33. The van der Waals surface area contributed by atoms with E-state index in [2.05, 4.69) is 20.3 Å². The monoisotopic (exact) mass is 309 g/mol. The Balaban J connectivity index is 1.42. The minimum Gasteiger partial charge on any atom is -0.317 e. The Bertz CT molecular complexity index is 680. The molecule has 23 heavy (non-hydrogen) atoms. The van der Waals surface area contributed by atoms with E-state index in [1.54, 1.807) is 24.8 Å². The van der Waals surface area contributed by atoms with Crippen LogP contribution in [0.5, 0.6) is 0 Å². The molecule has 2 amide bonds. The predicted octanol–water partition coefficient (Wildman–Crippen LogP) is 2.95. The van der Waals surface area contributed by atoms with Gasteiger partial charge in [-0.1, -0.05) is 0 Å². The average molecular weight is 309 g/mol. The van der Waals surface area contributed by atoms with Gasteiger partial charge in [-0.3, -0.25) is 4.98 Å². The fourth-order valence-corrected chi connectivity index (χ4v) is 2.59. The number of rotatable bonds is 5. The summed E-state index contributed by atoms with van der Waals surface area (Å²) in [6.07, 6.45) is 11.4. The minimum absolute atomic E-state index is 0.0907. The largest absolute Gasteiger partial charge is 0.322 e. The molecule has 2 saturated carbocycles. The highest BCUT2D eigenvalue weighted by molar-refractivity contribution is 5.89. The smallest absolute Gasteiger partial charge is 0.317 e. The molecule has 0 aromatic carbocycles. The fourth-order valence-electron chi connectivity index (χ4n) is 2.59. The van der Waals surface area contributed by atoms with Crippen LogP contribution in [-0.2, 0) is 6.54 Å². The Hall–Kier alpha value is -2.50. The SMILES string of the molecule is O=C(Nc1cnc(C2CC2)nc1)N(Cc1ccncc1)C1CC1. The number of hydrogen-bond acceptors (Lipinski definition) is 4. The van der Waals surface area contributed by atoms with E-state index in [0.29, 0.717) is 24.2 Å². The number of nitrogens with zero attached hydrogens (tertiary/aromatic N) is 4. The lowest BCUT2D eigenvalue weighted by Crippen LogP contribution is -2.36. The molecule has 0 spiro atoms. The number of nitrogens with one attached hydrogen (secondary N) is 1. The lowest BCUT2D eigenvalue weighted by Gasteiger charge is -2.22. The van der Waals surface area contributed by atoms with E-state index in [4.69, 9.17) is 0 Å². The van der Waals surface area contributed by atoms with Crippen LogP contribution in [0.2, 0.25) is 0 Å². The van der Waals surface area contributed by atoms with Gasteiger partial charge in [-0.05, 0) is 43.4 Å². The summed E-state index contributed by atoms with van der Waals surface area (Å²) in [7, 11) is 0. The molecule has 0 unspecified atom stereocenters. The van der Waals surface area contributed by atoms with Crippen LogP contribution in [0.15, 0.2) is 36.9 Å². The maximum absolute atomic E-state index is 12.6. The van der Waals surface area contributed by atoms with E-state index in [1.807, 2.05) is 17.0 Å². The van der Waals surface area contributed by atoms with Crippen molar-refractivity contribution >= 4 is 11.7 Å². The van der Waals surface area contributed by atoms with Gasteiger partial charge in [-0.25, -0.2) is 14.8 Å². The van der Waals surface area contributed by atoms with Crippen LogP contribution in [0.25, 0.3) is 0 Å². The molecule has 2 aromatic heterocycles. The van der Waals surface area contributed by atoms with Crippen molar-refractivity contribution < 1.29 is 4.79 Å². The van der Waals surface area contributed by atoms with Crippen molar-refractivity contribution in [3.63, 3.8) is 0 Å². The van der Waals surface area contributed by atoms with Crippen molar-refractivity contribution in [1.82, 2.24) is 19.9 Å². The summed E-state index contributed by atoms with van der Waals surface area (Å²) in [5.41, 5.74) is 1.74. The summed E-state index contributed by atoms with van der Waals surface area (Å²) in [4.78, 5) is 27.2. The second-order valence-corrected chi connectivity index (χ2v) is 6.25. The lowest BCUT2D eigenvalue weighted by atomic mass is 10.2. The van der Waals surface area contributed by atoms with Crippen molar-refractivity contribution in [2.75, 3.05) is 5.32 Å². The summed E-state index contributed by atoms with van der Waals surface area (Å²) in [5, 5.41) is 2.92. The van der Waals surface area contributed by atoms with Gasteiger partial charge in [0, 0.05) is 30.9 Å². The normalized spacial score (nSPS) is 16.9. The molecule has 0 atom stereocenters. The molecule has 118 valence electrons. The molecule has 4 rings (SSSR count). The molecule has 2 aliphatic rings. The van der Waals surface area contributed by atoms with Crippen molar-refractivity contribution in [2.24, 2.45) is 0 Å². The highest BCUT2D eigenvalue weighted by Crippen LogP contribution is 2.37. The number of carbonyl (C=O) groups excluding carboxylic acids is 1. The molecule has 2 aromatic rings. The third-order valence-corrected chi connectivity index (χ3v) is 4.22. The fraction of sp³-hybridized carbons (Fsp3) is 0.412. The van der Waals surface area contributed by atoms with Gasteiger partial charge in [0.15, 0.2) is 0 Å². The zero-order chi connectivity index (χ0) is 15.6. The van der Waals surface area contributed by atoms with Gasteiger partial charge in [0.2, 0.25) is 0 Å². The Morgan fingerprint density at radius 3 is 2.43 bits per heavy atom. The number of anilines is 1. The zero-order valence-corrected chi connectivity index (χ0v) is 12.9. The second kappa shape index (κ2) is 5.95. The molecular formula is C17H19N5O. The van der Waals surface area contributed by atoms with Crippen LogP contribution in [0.4, 0.5) is 10.5 Å². The van der Waals surface area contributed by atoms with E-state index in [9.17, 15) is 4.79 Å². The van der Waals surface area contributed by atoms with E-state index in [0.717, 1.165) is 24.2 Å². The number of aromatic nitrogens is 3. The van der Waals surface area contributed by atoms with E-state index >= 15 is 0 Å². The molecule has 0 saturated heterocycles. The van der Waals surface area contributed by atoms with Crippen molar-refractivity contribution in [3.05, 3.63) is 48.3 Å². The van der Waals surface area contributed by atoms with Crippen LogP contribution < -0.4 is 5.32 Å². The van der Waals surface area contributed by atoms with Gasteiger partial charge in [0.25, 0.3) is 0 Å². The maximum Gasteiger partial charge on any atom is 0.322 e. The van der Waals surface area contributed by atoms with Crippen molar-refractivity contribution in [3.8, 4) is 0 Å².